The van der Waals surface area contributed by atoms with Crippen LogP contribution in [-0.2, 0) is 19.5 Å². The van der Waals surface area contributed by atoms with Crippen molar-refractivity contribution in [3.8, 4) is 11.1 Å². The fourth-order valence-electron chi connectivity index (χ4n) is 7.19. The Kier molecular flexibility index (Phi) is 8.06. The van der Waals surface area contributed by atoms with Crippen LogP contribution >= 0.6 is 11.3 Å². The summed E-state index contributed by atoms with van der Waals surface area (Å²) in [5, 5.41) is 18.4. The summed E-state index contributed by atoms with van der Waals surface area (Å²) in [7, 11) is 0. The SMILES string of the molecule is CC(C)C1(Cn2cc(-c3ccc(N4CCc5cccc(C(=O)Nc6nc7ccccc7s6)c5C4)nc3C(=O)O)cn2)CCCCC1. The number of anilines is 2. The van der Waals surface area contributed by atoms with Gasteiger partial charge in [-0.15, -0.1) is 0 Å². The number of hydrogen-bond donors (Lipinski definition) is 2. The molecule has 0 unspecified atom stereocenters. The van der Waals surface area contributed by atoms with Crippen LogP contribution in [0, 0.1) is 11.3 Å². The molecule has 4 heterocycles. The Morgan fingerprint density at radius 2 is 1.85 bits per heavy atom. The van der Waals surface area contributed by atoms with E-state index in [1.165, 1.54) is 43.4 Å². The predicted octanol–water partition coefficient (Wildman–Crippen LogP) is 7.67. The summed E-state index contributed by atoms with van der Waals surface area (Å²) in [5.41, 5.74) is 4.98. The lowest BCUT2D eigenvalue weighted by Gasteiger charge is -2.41. The zero-order chi connectivity index (χ0) is 31.8. The Morgan fingerprint density at radius 1 is 1.02 bits per heavy atom. The van der Waals surface area contributed by atoms with Gasteiger partial charge in [0.25, 0.3) is 5.91 Å². The van der Waals surface area contributed by atoms with E-state index in [1.807, 2.05) is 64.3 Å². The normalized spacial score (nSPS) is 16.0. The van der Waals surface area contributed by atoms with E-state index < -0.39 is 5.97 Å². The van der Waals surface area contributed by atoms with Crippen molar-refractivity contribution in [2.45, 2.75) is 65.5 Å². The number of rotatable bonds is 8. The van der Waals surface area contributed by atoms with E-state index in [9.17, 15) is 14.7 Å². The Hall–Kier alpha value is -4.57. The number of carbonyl (C=O) groups excluding carboxylic acids is 1. The molecule has 0 saturated heterocycles. The van der Waals surface area contributed by atoms with Gasteiger partial charge in [0.05, 0.1) is 16.4 Å². The van der Waals surface area contributed by atoms with Crippen molar-refractivity contribution in [3.63, 3.8) is 0 Å². The molecule has 2 aliphatic rings. The molecule has 46 heavy (non-hydrogen) atoms. The topological polar surface area (TPSA) is 113 Å². The lowest BCUT2D eigenvalue weighted by atomic mass is 9.67. The number of nitrogens with one attached hydrogen (secondary N) is 1. The van der Waals surface area contributed by atoms with Crippen LogP contribution < -0.4 is 10.2 Å². The van der Waals surface area contributed by atoms with Gasteiger partial charge in [-0.25, -0.2) is 14.8 Å². The fraction of sp³-hybridized carbons (Fsp3) is 0.361. The molecule has 1 aliphatic heterocycles. The van der Waals surface area contributed by atoms with Crippen LogP contribution in [-0.4, -0.2) is 43.3 Å². The quantitative estimate of drug-likeness (QED) is 0.180. The van der Waals surface area contributed by atoms with Crippen LogP contribution in [0.1, 0.15) is 77.9 Å². The number of pyridine rings is 1. The smallest absolute Gasteiger partial charge is 0.355 e. The molecule has 5 aromatic rings. The van der Waals surface area contributed by atoms with Crippen LogP contribution in [0.5, 0.6) is 0 Å². The molecule has 7 rings (SSSR count). The summed E-state index contributed by atoms with van der Waals surface area (Å²) in [6.07, 6.45) is 10.6. The van der Waals surface area contributed by atoms with Crippen molar-refractivity contribution < 1.29 is 14.7 Å². The highest BCUT2D eigenvalue weighted by Crippen LogP contribution is 2.44. The Balaban J connectivity index is 1.12. The van der Waals surface area contributed by atoms with Crippen molar-refractivity contribution in [2.75, 3.05) is 16.8 Å². The second-order valence-corrected chi connectivity index (χ2v) is 14.0. The monoisotopic (exact) mass is 634 g/mol. The number of benzene rings is 2. The first kappa shape index (κ1) is 30.1. The molecule has 1 saturated carbocycles. The van der Waals surface area contributed by atoms with Gasteiger partial charge in [0.15, 0.2) is 10.8 Å². The third-order valence-corrected chi connectivity index (χ3v) is 10.9. The van der Waals surface area contributed by atoms with Gasteiger partial charge in [-0.05, 0) is 72.1 Å². The summed E-state index contributed by atoms with van der Waals surface area (Å²) < 4.78 is 3.00. The van der Waals surface area contributed by atoms with Gasteiger partial charge in [0.1, 0.15) is 5.82 Å². The van der Waals surface area contributed by atoms with Crippen LogP contribution in [0.3, 0.4) is 0 Å². The number of fused-ring (bicyclic) bond motifs is 2. The average molecular weight is 635 g/mol. The van der Waals surface area contributed by atoms with Gasteiger partial charge >= 0.3 is 5.97 Å². The van der Waals surface area contributed by atoms with Crippen molar-refractivity contribution in [1.29, 1.82) is 0 Å². The Morgan fingerprint density at radius 3 is 2.63 bits per heavy atom. The minimum Gasteiger partial charge on any atom is -0.476 e. The standard InChI is InChI=1S/C36H38N6O3S/c1-23(2)36(16-6-3-7-17-36)22-42-20-25(19-37-42)26-13-14-31(39-32(26)34(44)45)41-18-15-24-9-8-10-27(28(24)21-41)33(43)40-35-38-29-11-4-5-12-30(29)46-35/h4-5,8-14,19-20,23H,3,6-7,15-18,21-22H2,1-2H3,(H,44,45)(H,38,40,43). The van der Waals surface area contributed by atoms with Gasteiger partial charge in [-0.3, -0.25) is 14.8 Å². The molecule has 1 amide bonds. The van der Waals surface area contributed by atoms with E-state index in [2.05, 4.69) is 40.3 Å². The van der Waals surface area contributed by atoms with Gasteiger partial charge in [0.2, 0.25) is 0 Å². The zero-order valence-electron chi connectivity index (χ0n) is 26.2. The van der Waals surface area contributed by atoms with E-state index in [1.54, 1.807) is 6.20 Å². The van der Waals surface area contributed by atoms with Crippen LogP contribution in [0.15, 0.2) is 67.0 Å². The number of hydrogen-bond acceptors (Lipinski definition) is 7. The third kappa shape index (κ3) is 5.77. The maximum absolute atomic E-state index is 13.5. The molecule has 2 aromatic carbocycles. The van der Waals surface area contributed by atoms with Crippen molar-refractivity contribution >= 4 is 44.4 Å². The molecule has 236 valence electrons. The molecule has 0 radical (unpaired) electrons. The first-order valence-electron chi connectivity index (χ1n) is 16.1. The molecule has 9 nitrogen and oxygen atoms in total. The first-order chi connectivity index (χ1) is 22.3. The van der Waals surface area contributed by atoms with Gasteiger partial charge < -0.3 is 10.0 Å². The number of carboxylic acid groups (broad SMARTS) is 1. The number of nitrogens with zero attached hydrogens (tertiary/aromatic N) is 5. The molecule has 0 atom stereocenters. The van der Waals surface area contributed by atoms with E-state index >= 15 is 0 Å². The van der Waals surface area contributed by atoms with Crippen molar-refractivity contribution in [2.24, 2.45) is 11.3 Å². The second-order valence-electron chi connectivity index (χ2n) is 12.9. The highest BCUT2D eigenvalue weighted by molar-refractivity contribution is 7.22. The van der Waals surface area contributed by atoms with Crippen molar-refractivity contribution in [3.05, 3.63) is 89.4 Å². The number of thiazole rings is 1. The molecular weight excluding hydrogens is 597 g/mol. The maximum atomic E-state index is 13.5. The van der Waals surface area contributed by atoms with Crippen molar-refractivity contribution in [1.82, 2.24) is 19.7 Å². The highest BCUT2D eigenvalue weighted by atomic mass is 32.1. The number of para-hydroxylation sites is 1. The molecule has 3 aromatic heterocycles. The molecule has 1 aliphatic carbocycles. The minimum atomic E-state index is -1.08. The molecule has 1 fully saturated rings. The minimum absolute atomic E-state index is 0.000880. The lowest BCUT2D eigenvalue weighted by Crippen LogP contribution is -2.34. The average Bonchev–Trinajstić information content (AvgIpc) is 3.70. The maximum Gasteiger partial charge on any atom is 0.355 e. The number of aromatic nitrogens is 4. The van der Waals surface area contributed by atoms with Crippen LogP contribution in [0.4, 0.5) is 10.9 Å². The number of amides is 1. The largest absolute Gasteiger partial charge is 0.476 e. The molecule has 10 heteroatoms. The van der Waals surface area contributed by atoms with Crippen LogP contribution in [0.25, 0.3) is 21.3 Å². The van der Waals surface area contributed by atoms with E-state index in [0.717, 1.165) is 33.5 Å². The highest BCUT2D eigenvalue weighted by Gasteiger charge is 2.36. The first-order valence-corrected chi connectivity index (χ1v) is 16.9. The zero-order valence-corrected chi connectivity index (χ0v) is 27.0. The summed E-state index contributed by atoms with van der Waals surface area (Å²) in [6, 6.07) is 17.3. The molecule has 2 N–H and O–H groups in total. The number of carbonyl (C=O) groups is 2. The summed E-state index contributed by atoms with van der Waals surface area (Å²) in [4.78, 5) is 37.2. The molecule has 0 bridgehead atoms. The lowest BCUT2D eigenvalue weighted by molar-refractivity contribution is 0.0691. The van der Waals surface area contributed by atoms with Gasteiger partial charge in [-0.2, -0.15) is 5.10 Å². The fourth-order valence-corrected chi connectivity index (χ4v) is 8.05. The Bertz CT molecular complexity index is 1890. The molecular formula is C36H38N6O3S. The summed E-state index contributed by atoms with van der Waals surface area (Å²) in [6.45, 7) is 6.55. The van der Waals surface area contributed by atoms with E-state index in [4.69, 9.17) is 0 Å². The number of carboxylic acids is 1. The predicted molar refractivity (Wildman–Crippen MR) is 182 cm³/mol. The van der Waals surface area contributed by atoms with E-state index in [0.29, 0.717) is 47.5 Å². The summed E-state index contributed by atoms with van der Waals surface area (Å²) in [5.74, 6) is -0.174. The van der Waals surface area contributed by atoms with E-state index in [-0.39, 0.29) is 17.0 Å². The third-order valence-electron chi connectivity index (χ3n) is 9.93. The molecule has 0 spiro atoms. The Labute approximate surface area is 272 Å². The second kappa shape index (κ2) is 12.3. The van der Waals surface area contributed by atoms with Gasteiger partial charge in [-0.1, -0.05) is 68.7 Å². The van der Waals surface area contributed by atoms with Gasteiger partial charge in [0, 0.05) is 42.5 Å². The number of aromatic carboxylic acids is 1. The summed E-state index contributed by atoms with van der Waals surface area (Å²) >= 11 is 1.44. The van der Waals surface area contributed by atoms with Crippen LogP contribution in [0.2, 0.25) is 0 Å².